The maximum absolute atomic E-state index is 2.27. The fourth-order valence-electron chi connectivity index (χ4n) is 2.35. The third-order valence-corrected chi connectivity index (χ3v) is 3.64. The smallest absolute Gasteiger partial charge is 0.103 e. The van der Waals surface area contributed by atoms with Gasteiger partial charge in [-0.15, -0.1) is 0 Å². The van der Waals surface area contributed by atoms with E-state index in [0.29, 0.717) is 0 Å². The predicted octanol–water partition coefficient (Wildman–Crippen LogP) is 2.01. The summed E-state index contributed by atoms with van der Waals surface area (Å²) < 4.78 is 0. The minimum atomic E-state index is 1.08. The molecular weight excluding hydrogens is 244 g/mol. The molecule has 0 aliphatic rings. The van der Waals surface area contributed by atoms with Gasteiger partial charge in [0, 0.05) is 31.8 Å². The third kappa shape index (κ3) is 4.39. The highest BCUT2D eigenvalue weighted by Crippen LogP contribution is 2.11. The summed E-state index contributed by atoms with van der Waals surface area (Å²) in [7, 11) is 6.42. The molecule has 1 unspecified atom stereocenters. The number of rotatable bonds is 6. The molecule has 0 saturated heterocycles. The molecule has 0 amide bonds. The summed E-state index contributed by atoms with van der Waals surface area (Å²) in [5.41, 5.74) is 4.09. The monoisotopic (exact) mass is 269 g/mol. The Labute approximate surface area is 122 Å². The molecule has 2 aromatic carbocycles. The number of likely N-dealkylation sites (N-methyl/N-ethyl adjacent to an activating group) is 1. The second-order valence-corrected chi connectivity index (χ2v) is 5.68. The summed E-state index contributed by atoms with van der Waals surface area (Å²) in [4.78, 5) is 3.68. The second-order valence-electron chi connectivity index (χ2n) is 5.68. The Bertz CT molecular complexity index is 503. The SMILES string of the molecule is CN(C)c1ccc(C[NH+](C)CCc2ccccc2)cc1. The Hall–Kier alpha value is -1.80. The van der Waals surface area contributed by atoms with Crippen molar-refractivity contribution in [3.63, 3.8) is 0 Å². The fraction of sp³-hybridized carbons (Fsp3) is 0.333. The molecular formula is C18H25N2+. The summed E-state index contributed by atoms with van der Waals surface area (Å²) >= 11 is 0. The predicted molar refractivity (Wildman–Crippen MR) is 86.4 cm³/mol. The topological polar surface area (TPSA) is 7.68 Å². The summed E-state index contributed by atoms with van der Waals surface area (Å²) in [6.45, 7) is 2.25. The number of hydrogen-bond donors (Lipinski definition) is 1. The van der Waals surface area contributed by atoms with E-state index in [2.05, 4.69) is 80.6 Å². The minimum Gasteiger partial charge on any atom is -0.378 e. The zero-order valence-corrected chi connectivity index (χ0v) is 12.8. The summed E-state index contributed by atoms with van der Waals surface area (Å²) in [5.74, 6) is 0. The molecule has 1 N–H and O–H groups in total. The average Bonchev–Trinajstić information content (AvgIpc) is 2.47. The summed E-state index contributed by atoms with van der Waals surface area (Å²) in [6, 6.07) is 19.6. The molecule has 0 heterocycles. The molecule has 20 heavy (non-hydrogen) atoms. The van der Waals surface area contributed by atoms with Crippen LogP contribution in [0.5, 0.6) is 0 Å². The van der Waals surface area contributed by atoms with Gasteiger partial charge in [-0.2, -0.15) is 0 Å². The lowest BCUT2D eigenvalue weighted by molar-refractivity contribution is -0.893. The first-order valence-electron chi connectivity index (χ1n) is 7.26. The van der Waals surface area contributed by atoms with Crippen LogP contribution in [-0.2, 0) is 13.0 Å². The Kier molecular flexibility index (Phi) is 5.19. The first-order chi connectivity index (χ1) is 9.65. The molecule has 2 heteroatoms. The van der Waals surface area contributed by atoms with Crippen LogP contribution in [0.2, 0.25) is 0 Å². The molecule has 1 atom stereocenters. The standard InChI is InChI=1S/C18H24N2/c1-19(2)18-11-9-17(10-12-18)15-20(3)14-13-16-7-5-4-6-8-16/h4-12H,13-15H2,1-3H3/p+1. The van der Waals surface area contributed by atoms with E-state index < -0.39 is 0 Å². The zero-order chi connectivity index (χ0) is 14.4. The Morgan fingerprint density at radius 3 is 2.10 bits per heavy atom. The maximum Gasteiger partial charge on any atom is 0.103 e. The molecule has 2 rings (SSSR count). The maximum atomic E-state index is 2.27. The van der Waals surface area contributed by atoms with Crippen molar-refractivity contribution in [3.05, 3.63) is 65.7 Å². The fourth-order valence-corrected chi connectivity index (χ4v) is 2.35. The van der Waals surface area contributed by atoms with Gasteiger partial charge >= 0.3 is 0 Å². The largest absolute Gasteiger partial charge is 0.378 e. The number of nitrogens with zero attached hydrogens (tertiary/aromatic N) is 1. The quantitative estimate of drug-likeness (QED) is 0.843. The Morgan fingerprint density at radius 2 is 1.50 bits per heavy atom. The van der Waals surface area contributed by atoms with Crippen molar-refractivity contribution in [2.24, 2.45) is 0 Å². The van der Waals surface area contributed by atoms with Gasteiger partial charge in [0.1, 0.15) is 6.54 Å². The van der Waals surface area contributed by atoms with Crippen LogP contribution in [0.4, 0.5) is 5.69 Å². The zero-order valence-electron chi connectivity index (χ0n) is 12.8. The van der Waals surface area contributed by atoms with Crippen molar-refractivity contribution in [1.82, 2.24) is 0 Å². The molecule has 0 radical (unpaired) electrons. The van der Waals surface area contributed by atoms with Crippen molar-refractivity contribution >= 4 is 5.69 Å². The van der Waals surface area contributed by atoms with Crippen LogP contribution < -0.4 is 9.80 Å². The van der Waals surface area contributed by atoms with Gasteiger partial charge in [-0.25, -0.2) is 0 Å². The Balaban J connectivity index is 1.83. The van der Waals surface area contributed by atoms with E-state index in [4.69, 9.17) is 0 Å². The van der Waals surface area contributed by atoms with E-state index in [-0.39, 0.29) is 0 Å². The summed E-state index contributed by atoms with van der Waals surface area (Å²) in [5, 5.41) is 0. The van der Waals surface area contributed by atoms with Gasteiger partial charge in [0.25, 0.3) is 0 Å². The molecule has 0 spiro atoms. The van der Waals surface area contributed by atoms with Gasteiger partial charge in [-0.05, 0) is 17.7 Å². The Morgan fingerprint density at radius 1 is 0.850 bits per heavy atom. The second kappa shape index (κ2) is 7.11. The molecule has 106 valence electrons. The van der Waals surface area contributed by atoms with Crippen LogP contribution in [0, 0.1) is 0 Å². The van der Waals surface area contributed by atoms with Gasteiger partial charge in [-0.1, -0.05) is 42.5 Å². The van der Waals surface area contributed by atoms with E-state index in [1.54, 1.807) is 4.90 Å². The van der Waals surface area contributed by atoms with Crippen molar-refractivity contribution in [3.8, 4) is 0 Å². The van der Waals surface area contributed by atoms with Crippen molar-refractivity contribution in [2.75, 3.05) is 32.6 Å². The lowest BCUT2D eigenvalue weighted by atomic mass is 10.1. The van der Waals surface area contributed by atoms with Gasteiger partial charge in [0.05, 0.1) is 13.6 Å². The lowest BCUT2D eigenvalue weighted by Crippen LogP contribution is -3.07. The number of benzene rings is 2. The van der Waals surface area contributed by atoms with Crippen molar-refractivity contribution in [2.45, 2.75) is 13.0 Å². The van der Waals surface area contributed by atoms with Gasteiger partial charge in [0.2, 0.25) is 0 Å². The van der Waals surface area contributed by atoms with Crippen LogP contribution in [0.3, 0.4) is 0 Å². The normalized spacial score (nSPS) is 12.2. The van der Waals surface area contributed by atoms with Crippen molar-refractivity contribution < 1.29 is 4.90 Å². The number of hydrogen-bond acceptors (Lipinski definition) is 1. The van der Waals surface area contributed by atoms with Crippen LogP contribution in [0.25, 0.3) is 0 Å². The molecule has 0 fully saturated rings. The van der Waals surface area contributed by atoms with E-state index in [9.17, 15) is 0 Å². The first kappa shape index (κ1) is 14.6. The van der Waals surface area contributed by atoms with E-state index in [0.717, 1.165) is 13.0 Å². The van der Waals surface area contributed by atoms with Crippen LogP contribution in [0.15, 0.2) is 54.6 Å². The highest BCUT2D eigenvalue weighted by atomic mass is 15.1. The highest BCUT2D eigenvalue weighted by Gasteiger charge is 2.05. The van der Waals surface area contributed by atoms with E-state index >= 15 is 0 Å². The molecule has 2 nitrogen and oxygen atoms in total. The van der Waals surface area contributed by atoms with Crippen LogP contribution in [-0.4, -0.2) is 27.7 Å². The van der Waals surface area contributed by atoms with E-state index in [1.807, 2.05) is 0 Å². The van der Waals surface area contributed by atoms with Crippen LogP contribution >= 0.6 is 0 Å². The number of quaternary nitrogens is 1. The number of anilines is 1. The van der Waals surface area contributed by atoms with Gasteiger partial charge < -0.3 is 9.80 Å². The van der Waals surface area contributed by atoms with E-state index in [1.165, 1.54) is 23.4 Å². The molecule has 0 bridgehead atoms. The van der Waals surface area contributed by atoms with Gasteiger partial charge in [0.15, 0.2) is 0 Å². The lowest BCUT2D eigenvalue weighted by Gasteiger charge is -2.16. The average molecular weight is 269 g/mol. The van der Waals surface area contributed by atoms with Gasteiger partial charge in [-0.3, -0.25) is 0 Å². The van der Waals surface area contributed by atoms with Crippen molar-refractivity contribution in [1.29, 1.82) is 0 Å². The molecule has 0 aliphatic heterocycles. The molecule has 0 saturated carbocycles. The number of nitrogens with one attached hydrogen (secondary N) is 1. The van der Waals surface area contributed by atoms with Crippen LogP contribution in [0.1, 0.15) is 11.1 Å². The molecule has 0 aromatic heterocycles. The minimum absolute atomic E-state index is 1.08. The molecule has 2 aromatic rings. The highest BCUT2D eigenvalue weighted by molar-refractivity contribution is 5.45. The first-order valence-corrected chi connectivity index (χ1v) is 7.26. The third-order valence-electron chi connectivity index (χ3n) is 3.64. The molecule has 0 aliphatic carbocycles. The summed E-state index contributed by atoms with van der Waals surface area (Å²) in [6.07, 6.45) is 1.14.